The Balaban J connectivity index is 0.00000300. The van der Waals surface area contributed by atoms with E-state index < -0.39 is 0 Å². The molecule has 1 unspecified atom stereocenters. The topological polar surface area (TPSA) is 55.8 Å². The molecule has 3 rings (SSSR count). The monoisotopic (exact) mass is 508 g/mol. The predicted octanol–water partition coefficient (Wildman–Crippen LogP) is 3.27. The van der Waals surface area contributed by atoms with E-state index in [-0.39, 0.29) is 24.0 Å². The van der Waals surface area contributed by atoms with Crippen molar-refractivity contribution in [2.75, 3.05) is 45.7 Å². The van der Waals surface area contributed by atoms with Crippen molar-refractivity contribution < 1.29 is 0 Å². The van der Waals surface area contributed by atoms with Gasteiger partial charge in [-0.2, -0.15) is 0 Å². The Bertz CT molecular complexity index is 759. The van der Waals surface area contributed by atoms with Gasteiger partial charge in [0.25, 0.3) is 0 Å². The molecule has 0 spiro atoms. The quantitative estimate of drug-likeness (QED) is 0.342. The second kappa shape index (κ2) is 12.0. The smallest absolute Gasteiger partial charge is 0.191 e. The minimum atomic E-state index is 0. The van der Waals surface area contributed by atoms with Crippen LogP contribution in [0.5, 0.6) is 0 Å². The van der Waals surface area contributed by atoms with Crippen LogP contribution >= 0.6 is 24.0 Å². The minimum Gasteiger partial charge on any atom is -0.362 e. The number of hydrogen-bond donors (Lipinski definition) is 2. The summed E-state index contributed by atoms with van der Waals surface area (Å²) in [7, 11) is 5.84. The van der Waals surface area contributed by atoms with Crippen LogP contribution < -0.4 is 15.5 Å². The average molecular weight is 508 g/mol. The maximum absolute atomic E-state index is 4.47. The third kappa shape index (κ3) is 6.57. The summed E-state index contributed by atoms with van der Waals surface area (Å²) in [6, 6.07) is 15.2. The van der Waals surface area contributed by atoms with Crippen molar-refractivity contribution in [2.24, 2.45) is 4.99 Å². The number of aliphatic imine (C=N–C) groups is 1. The van der Waals surface area contributed by atoms with E-state index in [1.165, 1.54) is 18.4 Å². The number of rotatable bonds is 7. The van der Waals surface area contributed by atoms with E-state index >= 15 is 0 Å². The van der Waals surface area contributed by atoms with E-state index in [1.54, 1.807) is 0 Å². The van der Waals surface area contributed by atoms with Crippen LogP contribution in [0.2, 0.25) is 0 Å². The number of aromatic nitrogens is 1. The molecule has 1 aromatic carbocycles. The molecule has 2 aromatic rings. The summed E-state index contributed by atoms with van der Waals surface area (Å²) < 4.78 is 0. The number of halogens is 1. The highest BCUT2D eigenvalue weighted by molar-refractivity contribution is 14.0. The predicted molar refractivity (Wildman–Crippen MR) is 132 cm³/mol. The molecule has 0 amide bonds. The molecule has 29 heavy (non-hydrogen) atoms. The number of likely N-dealkylation sites (tertiary alicyclic amines) is 1. The second-order valence-electron chi connectivity index (χ2n) is 7.36. The molecule has 0 aliphatic carbocycles. The Labute approximate surface area is 191 Å². The normalized spacial score (nSPS) is 15.5. The van der Waals surface area contributed by atoms with Crippen molar-refractivity contribution >= 4 is 35.8 Å². The summed E-state index contributed by atoms with van der Waals surface area (Å²) in [5.74, 6) is 1.79. The van der Waals surface area contributed by atoms with Gasteiger partial charge in [0.05, 0.1) is 6.04 Å². The first-order valence-electron chi connectivity index (χ1n) is 10.0. The second-order valence-corrected chi connectivity index (χ2v) is 7.36. The van der Waals surface area contributed by atoms with Gasteiger partial charge in [0.15, 0.2) is 5.96 Å². The van der Waals surface area contributed by atoms with Crippen molar-refractivity contribution in [3.8, 4) is 0 Å². The summed E-state index contributed by atoms with van der Waals surface area (Å²) in [5, 5.41) is 6.96. The largest absolute Gasteiger partial charge is 0.362 e. The molecule has 2 heterocycles. The van der Waals surface area contributed by atoms with Gasteiger partial charge in [-0.1, -0.05) is 36.4 Å². The Morgan fingerprint density at radius 3 is 2.48 bits per heavy atom. The molecular formula is C22H33IN6. The molecule has 1 aliphatic rings. The van der Waals surface area contributed by atoms with Gasteiger partial charge in [-0.15, -0.1) is 24.0 Å². The highest BCUT2D eigenvalue weighted by Crippen LogP contribution is 2.24. The van der Waals surface area contributed by atoms with Crippen LogP contribution in [0.3, 0.4) is 0 Å². The first kappa shape index (κ1) is 23.4. The van der Waals surface area contributed by atoms with Crippen LogP contribution in [0.4, 0.5) is 5.82 Å². The summed E-state index contributed by atoms with van der Waals surface area (Å²) >= 11 is 0. The van der Waals surface area contributed by atoms with Crippen molar-refractivity contribution in [3.05, 3.63) is 59.8 Å². The number of guanidine groups is 1. The minimum absolute atomic E-state index is 0. The van der Waals surface area contributed by atoms with Gasteiger partial charge in [0.1, 0.15) is 5.82 Å². The highest BCUT2D eigenvalue weighted by Gasteiger charge is 2.23. The number of benzene rings is 1. The third-order valence-electron chi connectivity index (χ3n) is 5.19. The fraction of sp³-hybridized carbons (Fsp3) is 0.455. The van der Waals surface area contributed by atoms with E-state index in [0.717, 1.165) is 37.0 Å². The molecule has 0 bridgehead atoms. The standard InChI is InChI=1S/C22H32N6.HI/c1-23-22(25-16-19-12-9-13-24-21(19)27(2)3)26-17-20(28-14-7-8-15-28)18-10-5-4-6-11-18;/h4-6,9-13,20H,7-8,14-17H2,1-3H3,(H2,23,25,26);1H. The van der Waals surface area contributed by atoms with Crippen molar-refractivity contribution in [3.63, 3.8) is 0 Å². The zero-order valence-corrected chi connectivity index (χ0v) is 20.0. The lowest BCUT2D eigenvalue weighted by Gasteiger charge is -2.29. The molecule has 0 radical (unpaired) electrons. The lowest BCUT2D eigenvalue weighted by Crippen LogP contribution is -2.42. The average Bonchev–Trinajstić information content (AvgIpc) is 3.26. The van der Waals surface area contributed by atoms with Crippen molar-refractivity contribution in [1.82, 2.24) is 20.5 Å². The van der Waals surface area contributed by atoms with Gasteiger partial charge in [-0.05, 0) is 37.6 Å². The van der Waals surface area contributed by atoms with Crippen LogP contribution in [0.15, 0.2) is 53.7 Å². The number of nitrogens with zero attached hydrogens (tertiary/aromatic N) is 4. The molecule has 2 N–H and O–H groups in total. The molecule has 6 nitrogen and oxygen atoms in total. The number of nitrogens with one attached hydrogen (secondary N) is 2. The first-order chi connectivity index (χ1) is 13.7. The summed E-state index contributed by atoms with van der Waals surface area (Å²) in [6.45, 7) is 3.84. The number of anilines is 1. The van der Waals surface area contributed by atoms with E-state index in [2.05, 4.69) is 61.9 Å². The lowest BCUT2D eigenvalue weighted by atomic mass is 10.1. The fourth-order valence-electron chi connectivity index (χ4n) is 3.75. The van der Waals surface area contributed by atoms with Gasteiger partial charge in [-0.25, -0.2) is 4.98 Å². The van der Waals surface area contributed by atoms with E-state index in [0.29, 0.717) is 12.6 Å². The molecule has 1 fully saturated rings. The van der Waals surface area contributed by atoms with Crippen LogP contribution in [0.25, 0.3) is 0 Å². The van der Waals surface area contributed by atoms with Gasteiger partial charge < -0.3 is 15.5 Å². The molecule has 158 valence electrons. The molecule has 1 atom stereocenters. The molecule has 0 saturated carbocycles. The van der Waals surface area contributed by atoms with E-state index in [4.69, 9.17) is 0 Å². The maximum atomic E-state index is 4.47. The van der Waals surface area contributed by atoms with E-state index in [1.807, 2.05) is 38.3 Å². The van der Waals surface area contributed by atoms with Crippen molar-refractivity contribution in [1.29, 1.82) is 0 Å². The zero-order valence-electron chi connectivity index (χ0n) is 17.6. The Morgan fingerprint density at radius 1 is 1.10 bits per heavy atom. The molecule has 7 heteroatoms. The summed E-state index contributed by atoms with van der Waals surface area (Å²) in [6.07, 6.45) is 4.39. The highest BCUT2D eigenvalue weighted by atomic mass is 127. The number of pyridine rings is 1. The SMILES string of the molecule is CN=C(NCc1cccnc1N(C)C)NCC(c1ccccc1)N1CCCC1.I. The molecule has 1 aliphatic heterocycles. The van der Waals surface area contributed by atoms with Crippen LogP contribution in [0.1, 0.15) is 30.0 Å². The Kier molecular flexibility index (Phi) is 9.66. The number of hydrogen-bond acceptors (Lipinski definition) is 4. The van der Waals surface area contributed by atoms with Gasteiger partial charge >= 0.3 is 0 Å². The molecule has 1 saturated heterocycles. The maximum Gasteiger partial charge on any atom is 0.191 e. The Morgan fingerprint density at radius 2 is 1.83 bits per heavy atom. The van der Waals surface area contributed by atoms with Crippen LogP contribution in [0, 0.1) is 0 Å². The summed E-state index contributed by atoms with van der Waals surface area (Å²) in [4.78, 5) is 13.5. The van der Waals surface area contributed by atoms with Crippen LogP contribution in [-0.2, 0) is 6.54 Å². The van der Waals surface area contributed by atoms with Gasteiger partial charge in [0.2, 0.25) is 0 Å². The molecular weight excluding hydrogens is 475 g/mol. The zero-order chi connectivity index (χ0) is 19.8. The van der Waals surface area contributed by atoms with Gasteiger partial charge in [0, 0.05) is 46.0 Å². The Hall–Kier alpha value is -1.87. The molecule has 1 aromatic heterocycles. The summed E-state index contributed by atoms with van der Waals surface area (Å²) in [5.41, 5.74) is 2.50. The third-order valence-corrected chi connectivity index (χ3v) is 5.19. The first-order valence-corrected chi connectivity index (χ1v) is 10.0. The van der Waals surface area contributed by atoms with Gasteiger partial charge in [-0.3, -0.25) is 9.89 Å². The van der Waals surface area contributed by atoms with Crippen molar-refractivity contribution in [2.45, 2.75) is 25.4 Å². The van der Waals surface area contributed by atoms with Crippen LogP contribution in [-0.4, -0.2) is 56.6 Å². The fourth-order valence-corrected chi connectivity index (χ4v) is 3.75. The van der Waals surface area contributed by atoms with E-state index in [9.17, 15) is 0 Å². The lowest BCUT2D eigenvalue weighted by molar-refractivity contribution is 0.245.